The summed E-state index contributed by atoms with van der Waals surface area (Å²) in [5.74, 6) is 0. The van der Waals surface area contributed by atoms with Crippen molar-refractivity contribution in [2.24, 2.45) is 7.05 Å². The number of hydrogen-bond acceptors (Lipinski definition) is 3. The summed E-state index contributed by atoms with van der Waals surface area (Å²) in [7, 11) is 3.87. The molecule has 4 rings (SSSR count). The number of hydrogen-bond donors (Lipinski definition) is 1. The summed E-state index contributed by atoms with van der Waals surface area (Å²) in [6.07, 6.45) is 4.36. The smallest absolute Gasteiger partial charge is 0.334 e. The number of rotatable bonds is 1. The highest BCUT2D eigenvalue weighted by atomic mass is 16.2. The zero-order chi connectivity index (χ0) is 16.1. The van der Waals surface area contributed by atoms with Gasteiger partial charge in [-0.3, -0.25) is 4.57 Å². The molecule has 0 saturated carbocycles. The molecule has 2 aliphatic rings. The Morgan fingerprint density at radius 3 is 2.35 bits per heavy atom. The van der Waals surface area contributed by atoms with Crippen molar-refractivity contribution >= 4 is 17.1 Å². The van der Waals surface area contributed by atoms with E-state index in [9.17, 15) is 9.59 Å². The number of benzene rings is 1. The van der Waals surface area contributed by atoms with E-state index in [4.69, 9.17) is 0 Å². The van der Waals surface area contributed by atoms with Crippen molar-refractivity contribution in [3.63, 3.8) is 0 Å². The normalized spacial score (nSPS) is 27.5. The third-order valence-corrected chi connectivity index (χ3v) is 5.59. The van der Waals surface area contributed by atoms with Crippen molar-refractivity contribution in [3.8, 4) is 0 Å². The van der Waals surface area contributed by atoms with Crippen LogP contribution >= 0.6 is 0 Å². The average molecular weight is 314 g/mol. The van der Waals surface area contributed by atoms with Crippen LogP contribution in [-0.2, 0) is 7.05 Å². The topological polar surface area (TPSA) is 59.3 Å². The lowest BCUT2D eigenvalue weighted by molar-refractivity contribution is 0.150. The molecule has 0 spiro atoms. The van der Waals surface area contributed by atoms with Crippen molar-refractivity contribution < 1.29 is 4.79 Å². The first-order valence-electron chi connectivity index (χ1n) is 8.25. The van der Waals surface area contributed by atoms with Gasteiger partial charge in [0.15, 0.2) is 0 Å². The number of amides is 1. The number of fused-ring (bicyclic) bond motifs is 3. The van der Waals surface area contributed by atoms with Crippen molar-refractivity contribution in [1.29, 1.82) is 0 Å². The SMILES string of the molecule is CN1C2CCC1CC(NC(=O)n1c(=O)n(C)c3ccccc31)C2. The molecular weight excluding hydrogens is 292 g/mol. The number of para-hydroxylation sites is 2. The third-order valence-electron chi connectivity index (χ3n) is 5.59. The van der Waals surface area contributed by atoms with E-state index in [2.05, 4.69) is 17.3 Å². The molecule has 23 heavy (non-hydrogen) atoms. The summed E-state index contributed by atoms with van der Waals surface area (Å²) in [6.45, 7) is 0. The largest absolute Gasteiger partial charge is 0.337 e. The maximum absolute atomic E-state index is 12.7. The van der Waals surface area contributed by atoms with Crippen LogP contribution in [0.2, 0.25) is 0 Å². The number of aryl methyl sites for hydroxylation is 1. The maximum Gasteiger partial charge on any atom is 0.337 e. The van der Waals surface area contributed by atoms with Crippen molar-refractivity contribution in [3.05, 3.63) is 34.7 Å². The second-order valence-electron chi connectivity index (χ2n) is 6.83. The second kappa shape index (κ2) is 5.23. The highest BCUT2D eigenvalue weighted by Crippen LogP contribution is 2.34. The predicted molar refractivity (Wildman–Crippen MR) is 88.7 cm³/mol. The van der Waals surface area contributed by atoms with E-state index in [1.165, 1.54) is 22.0 Å². The number of nitrogens with one attached hydrogen (secondary N) is 1. The molecule has 0 radical (unpaired) electrons. The predicted octanol–water partition coefficient (Wildman–Crippen LogP) is 1.52. The molecule has 2 aromatic rings. The van der Waals surface area contributed by atoms with Crippen LogP contribution in [0.25, 0.3) is 11.0 Å². The van der Waals surface area contributed by atoms with Crippen LogP contribution in [0.4, 0.5) is 4.79 Å². The summed E-state index contributed by atoms with van der Waals surface area (Å²) < 4.78 is 2.78. The molecule has 6 nitrogen and oxygen atoms in total. The molecule has 2 unspecified atom stereocenters. The second-order valence-corrected chi connectivity index (χ2v) is 6.83. The molecule has 3 heterocycles. The summed E-state index contributed by atoms with van der Waals surface area (Å²) in [4.78, 5) is 27.6. The summed E-state index contributed by atoms with van der Waals surface area (Å²) in [5, 5.41) is 3.09. The third kappa shape index (κ3) is 2.20. The van der Waals surface area contributed by atoms with Crippen molar-refractivity contribution in [2.45, 2.75) is 43.8 Å². The number of imidazole rings is 1. The van der Waals surface area contributed by atoms with Crippen LogP contribution < -0.4 is 11.0 Å². The quantitative estimate of drug-likeness (QED) is 0.868. The highest BCUT2D eigenvalue weighted by molar-refractivity contribution is 5.89. The van der Waals surface area contributed by atoms with E-state index >= 15 is 0 Å². The Bertz CT molecular complexity index is 808. The molecule has 1 aromatic heterocycles. The van der Waals surface area contributed by atoms with Gasteiger partial charge in [-0.25, -0.2) is 14.2 Å². The van der Waals surface area contributed by atoms with Gasteiger partial charge in [0, 0.05) is 25.2 Å². The molecule has 0 aliphatic carbocycles. The molecule has 2 saturated heterocycles. The summed E-state index contributed by atoms with van der Waals surface area (Å²) in [6, 6.07) is 8.36. The number of nitrogens with zero attached hydrogens (tertiary/aromatic N) is 3. The fraction of sp³-hybridized carbons (Fsp3) is 0.529. The van der Waals surface area contributed by atoms with E-state index in [0.29, 0.717) is 17.6 Å². The molecule has 2 bridgehead atoms. The molecule has 2 atom stereocenters. The van der Waals surface area contributed by atoms with Gasteiger partial charge in [-0.1, -0.05) is 12.1 Å². The minimum atomic E-state index is -0.305. The first kappa shape index (κ1) is 14.5. The zero-order valence-corrected chi connectivity index (χ0v) is 13.5. The van der Waals surface area contributed by atoms with E-state index in [-0.39, 0.29) is 17.8 Å². The highest BCUT2D eigenvalue weighted by Gasteiger charge is 2.39. The first-order chi connectivity index (χ1) is 11.1. The molecule has 1 amide bonds. The van der Waals surface area contributed by atoms with Gasteiger partial charge >= 0.3 is 11.7 Å². The Balaban J connectivity index is 1.61. The van der Waals surface area contributed by atoms with Gasteiger partial charge in [0.2, 0.25) is 0 Å². The Morgan fingerprint density at radius 2 is 1.70 bits per heavy atom. The fourth-order valence-electron chi connectivity index (χ4n) is 4.26. The Labute approximate surface area is 134 Å². The summed E-state index contributed by atoms with van der Waals surface area (Å²) in [5.41, 5.74) is 1.14. The van der Waals surface area contributed by atoms with Crippen LogP contribution in [0.15, 0.2) is 29.1 Å². The molecule has 1 N–H and O–H groups in total. The Kier molecular flexibility index (Phi) is 3.30. The Hall–Kier alpha value is -2.08. The van der Waals surface area contributed by atoms with Crippen LogP contribution in [0.3, 0.4) is 0 Å². The van der Waals surface area contributed by atoms with E-state index < -0.39 is 0 Å². The van der Waals surface area contributed by atoms with Gasteiger partial charge in [-0.15, -0.1) is 0 Å². The van der Waals surface area contributed by atoms with Gasteiger partial charge in [-0.2, -0.15) is 0 Å². The lowest BCUT2D eigenvalue weighted by atomic mass is 9.98. The fourth-order valence-corrected chi connectivity index (χ4v) is 4.26. The molecular formula is C17H22N4O2. The molecule has 6 heteroatoms. The Morgan fingerprint density at radius 1 is 1.09 bits per heavy atom. The number of aromatic nitrogens is 2. The van der Waals surface area contributed by atoms with Gasteiger partial charge in [0.05, 0.1) is 11.0 Å². The van der Waals surface area contributed by atoms with Crippen molar-refractivity contribution in [1.82, 2.24) is 19.4 Å². The minimum Gasteiger partial charge on any atom is -0.334 e. The number of carbonyl (C=O) groups is 1. The first-order valence-corrected chi connectivity index (χ1v) is 8.25. The lowest BCUT2D eigenvalue weighted by Crippen LogP contribution is -2.50. The zero-order valence-electron chi connectivity index (χ0n) is 13.5. The van der Waals surface area contributed by atoms with E-state index in [0.717, 1.165) is 18.4 Å². The molecule has 122 valence electrons. The lowest BCUT2D eigenvalue weighted by Gasteiger charge is -2.36. The van der Waals surface area contributed by atoms with Gasteiger partial charge in [0.1, 0.15) is 0 Å². The van der Waals surface area contributed by atoms with E-state index in [1.54, 1.807) is 7.05 Å². The minimum absolute atomic E-state index is 0.155. The summed E-state index contributed by atoms with van der Waals surface area (Å²) >= 11 is 0. The van der Waals surface area contributed by atoms with Crippen LogP contribution in [0.5, 0.6) is 0 Å². The molecule has 1 aromatic carbocycles. The van der Waals surface area contributed by atoms with Gasteiger partial charge < -0.3 is 10.2 Å². The van der Waals surface area contributed by atoms with Crippen LogP contribution in [-0.4, -0.2) is 45.2 Å². The average Bonchev–Trinajstić information content (AvgIpc) is 2.90. The van der Waals surface area contributed by atoms with Crippen molar-refractivity contribution in [2.75, 3.05) is 7.05 Å². The number of piperidine rings is 1. The van der Waals surface area contributed by atoms with Gasteiger partial charge in [-0.05, 0) is 44.9 Å². The molecule has 2 aliphatic heterocycles. The van der Waals surface area contributed by atoms with Gasteiger partial charge in [0.25, 0.3) is 0 Å². The standard InChI is InChI=1S/C17H22N4O2/c1-19-12-7-8-13(19)10-11(9-12)18-16(22)21-15-6-4-3-5-14(15)20(2)17(21)23/h3-6,11-13H,7-10H2,1-2H3,(H,18,22). The maximum atomic E-state index is 12.7. The van der Waals surface area contributed by atoms with Crippen LogP contribution in [0.1, 0.15) is 25.7 Å². The molecule has 2 fully saturated rings. The van der Waals surface area contributed by atoms with E-state index in [1.807, 2.05) is 24.3 Å². The number of carbonyl (C=O) groups excluding carboxylic acids is 1. The van der Waals surface area contributed by atoms with Crippen LogP contribution in [0, 0.1) is 0 Å². The monoisotopic (exact) mass is 314 g/mol.